The van der Waals surface area contributed by atoms with Gasteiger partial charge < -0.3 is 10.5 Å². The Morgan fingerprint density at radius 2 is 2.12 bits per heavy atom. The zero-order valence-electron chi connectivity index (χ0n) is 9.77. The van der Waals surface area contributed by atoms with Crippen LogP contribution < -0.4 is 10.5 Å². The summed E-state index contributed by atoms with van der Waals surface area (Å²) >= 11 is 0. The quantitative estimate of drug-likeness (QED) is 0.854. The summed E-state index contributed by atoms with van der Waals surface area (Å²) in [5.41, 5.74) is 7.45. The first-order valence-corrected chi connectivity index (χ1v) is 5.28. The van der Waals surface area contributed by atoms with Crippen molar-refractivity contribution in [3.63, 3.8) is 0 Å². The van der Waals surface area contributed by atoms with E-state index in [0.717, 1.165) is 17.7 Å². The van der Waals surface area contributed by atoms with Gasteiger partial charge in [-0.05, 0) is 12.0 Å². The van der Waals surface area contributed by atoms with Gasteiger partial charge in [0.1, 0.15) is 5.52 Å². The number of hydrogen-bond donors (Lipinski definition) is 1. The highest BCUT2D eigenvalue weighted by Crippen LogP contribution is 2.20. The summed E-state index contributed by atoms with van der Waals surface area (Å²) in [6, 6.07) is 3.66. The number of fused-ring (bicyclic) bond motifs is 1. The minimum absolute atomic E-state index is 0.493. The average molecular weight is 220 g/mol. The van der Waals surface area contributed by atoms with E-state index < -0.39 is 0 Å². The monoisotopic (exact) mass is 220 g/mol. The number of nitrogens with zero attached hydrogens (tertiary/aromatic N) is 3. The molecule has 0 bridgehead atoms. The van der Waals surface area contributed by atoms with Gasteiger partial charge in [0.15, 0.2) is 5.65 Å². The van der Waals surface area contributed by atoms with Crippen LogP contribution in [0.5, 0.6) is 5.88 Å². The van der Waals surface area contributed by atoms with Crippen LogP contribution in [0.3, 0.4) is 0 Å². The first-order chi connectivity index (χ1) is 7.61. The normalized spacial score (nSPS) is 11.2. The number of pyridine rings is 1. The molecule has 2 aromatic rings. The summed E-state index contributed by atoms with van der Waals surface area (Å²) in [6.07, 6.45) is 0. The van der Waals surface area contributed by atoms with Crippen molar-refractivity contribution in [2.45, 2.75) is 20.4 Å². The molecule has 0 atom stereocenters. The Morgan fingerprint density at radius 1 is 1.38 bits per heavy atom. The Labute approximate surface area is 94.2 Å². The van der Waals surface area contributed by atoms with Crippen LogP contribution in [-0.2, 0) is 6.54 Å². The van der Waals surface area contributed by atoms with Crippen LogP contribution in [0.1, 0.15) is 13.8 Å². The lowest BCUT2D eigenvalue weighted by Gasteiger charge is -2.08. The van der Waals surface area contributed by atoms with Crippen molar-refractivity contribution in [1.29, 1.82) is 0 Å². The summed E-state index contributed by atoms with van der Waals surface area (Å²) in [6.45, 7) is 5.07. The number of nitrogens with two attached hydrogens (primary N) is 1. The SMILES string of the molecule is COc1ccc2nc(N)n(CC(C)C)c2n1. The fraction of sp³-hybridized carbons (Fsp3) is 0.455. The van der Waals surface area contributed by atoms with E-state index in [4.69, 9.17) is 10.5 Å². The number of aromatic nitrogens is 3. The maximum Gasteiger partial charge on any atom is 0.215 e. The first-order valence-electron chi connectivity index (χ1n) is 5.28. The van der Waals surface area contributed by atoms with Crippen molar-refractivity contribution in [1.82, 2.24) is 14.5 Å². The van der Waals surface area contributed by atoms with Gasteiger partial charge in [-0.1, -0.05) is 13.8 Å². The molecule has 0 aliphatic rings. The van der Waals surface area contributed by atoms with Gasteiger partial charge in [-0.25, -0.2) is 4.98 Å². The highest BCUT2D eigenvalue weighted by molar-refractivity contribution is 5.74. The molecule has 0 spiro atoms. The van der Waals surface area contributed by atoms with Gasteiger partial charge in [0.2, 0.25) is 11.8 Å². The minimum atomic E-state index is 0.493. The summed E-state index contributed by atoms with van der Waals surface area (Å²) in [4.78, 5) is 8.63. The molecule has 0 aliphatic carbocycles. The van der Waals surface area contributed by atoms with Crippen molar-refractivity contribution >= 4 is 17.1 Å². The molecule has 86 valence electrons. The van der Waals surface area contributed by atoms with E-state index in [1.165, 1.54) is 0 Å². The lowest BCUT2D eigenvalue weighted by molar-refractivity contribution is 0.398. The van der Waals surface area contributed by atoms with Crippen molar-refractivity contribution in [3.05, 3.63) is 12.1 Å². The Morgan fingerprint density at radius 3 is 2.75 bits per heavy atom. The van der Waals surface area contributed by atoms with E-state index in [1.54, 1.807) is 13.2 Å². The Hall–Kier alpha value is -1.78. The third kappa shape index (κ3) is 1.80. The molecule has 2 aromatic heterocycles. The van der Waals surface area contributed by atoms with Gasteiger partial charge >= 0.3 is 0 Å². The molecule has 2 rings (SSSR count). The van der Waals surface area contributed by atoms with Crippen LogP contribution in [0.2, 0.25) is 0 Å². The summed E-state index contributed by atoms with van der Waals surface area (Å²) in [5, 5.41) is 0. The Balaban J connectivity index is 2.56. The Bertz CT molecular complexity index is 504. The van der Waals surface area contributed by atoms with Crippen LogP contribution in [0.25, 0.3) is 11.2 Å². The van der Waals surface area contributed by atoms with Gasteiger partial charge in [0.05, 0.1) is 7.11 Å². The number of ether oxygens (including phenoxy) is 1. The largest absolute Gasteiger partial charge is 0.481 e. The zero-order chi connectivity index (χ0) is 11.7. The standard InChI is InChI=1S/C11H16N4O/c1-7(2)6-15-10-8(13-11(15)12)4-5-9(14-10)16-3/h4-5,7H,6H2,1-3H3,(H2,12,13). The topological polar surface area (TPSA) is 66.0 Å². The van der Waals surface area contributed by atoms with E-state index in [2.05, 4.69) is 23.8 Å². The molecule has 0 radical (unpaired) electrons. The molecule has 5 nitrogen and oxygen atoms in total. The van der Waals surface area contributed by atoms with Gasteiger partial charge in [-0.3, -0.25) is 4.57 Å². The number of imidazole rings is 1. The minimum Gasteiger partial charge on any atom is -0.481 e. The van der Waals surface area contributed by atoms with E-state index in [-0.39, 0.29) is 0 Å². The fourth-order valence-electron chi connectivity index (χ4n) is 1.66. The molecular formula is C11H16N4O. The third-order valence-electron chi connectivity index (χ3n) is 2.35. The first kappa shape index (κ1) is 10.7. The molecule has 16 heavy (non-hydrogen) atoms. The molecule has 0 unspecified atom stereocenters. The van der Waals surface area contributed by atoms with E-state index >= 15 is 0 Å². The van der Waals surface area contributed by atoms with Crippen LogP contribution in [0.4, 0.5) is 5.95 Å². The van der Waals surface area contributed by atoms with Gasteiger partial charge in [0.25, 0.3) is 0 Å². The van der Waals surface area contributed by atoms with E-state index in [1.807, 2.05) is 10.6 Å². The molecule has 0 aliphatic heterocycles. The molecule has 5 heteroatoms. The fourth-order valence-corrected chi connectivity index (χ4v) is 1.66. The number of anilines is 1. The van der Waals surface area contributed by atoms with E-state index in [9.17, 15) is 0 Å². The molecule has 0 amide bonds. The van der Waals surface area contributed by atoms with Gasteiger partial charge in [-0.15, -0.1) is 0 Å². The molecule has 2 heterocycles. The second-order valence-corrected chi connectivity index (χ2v) is 4.17. The summed E-state index contributed by atoms with van der Waals surface area (Å²) < 4.78 is 7.02. The maximum absolute atomic E-state index is 5.86. The maximum atomic E-state index is 5.86. The number of nitrogen functional groups attached to an aromatic ring is 1. The predicted molar refractivity (Wildman–Crippen MR) is 63.3 cm³/mol. The van der Waals surface area contributed by atoms with Crippen LogP contribution in [-0.4, -0.2) is 21.6 Å². The average Bonchev–Trinajstić information content (AvgIpc) is 2.54. The third-order valence-corrected chi connectivity index (χ3v) is 2.35. The molecular weight excluding hydrogens is 204 g/mol. The van der Waals surface area contributed by atoms with Crippen molar-refractivity contribution in [3.8, 4) is 5.88 Å². The predicted octanol–water partition coefficient (Wildman–Crippen LogP) is 1.68. The van der Waals surface area contributed by atoms with Crippen LogP contribution in [0, 0.1) is 5.92 Å². The lowest BCUT2D eigenvalue weighted by Crippen LogP contribution is -2.08. The molecule has 0 saturated heterocycles. The number of hydrogen-bond acceptors (Lipinski definition) is 4. The molecule has 0 aromatic carbocycles. The summed E-state index contributed by atoms with van der Waals surface area (Å²) in [5.74, 6) is 1.58. The highest BCUT2D eigenvalue weighted by atomic mass is 16.5. The van der Waals surface area contributed by atoms with E-state index in [0.29, 0.717) is 17.7 Å². The van der Waals surface area contributed by atoms with Crippen molar-refractivity contribution in [2.24, 2.45) is 5.92 Å². The Kier molecular flexibility index (Phi) is 2.68. The second kappa shape index (κ2) is 4.00. The van der Waals surface area contributed by atoms with Crippen LogP contribution >= 0.6 is 0 Å². The van der Waals surface area contributed by atoms with Crippen LogP contribution in [0.15, 0.2) is 12.1 Å². The number of methoxy groups -OCH3 is 1. The summed E-state index contributed by atoms with van der Waals surface area (Å²) in [7, 11) is 1.60. The number of rotatable bonds is 3. The van der Waals surface area contributed by atoms with Gasteiger partial charge in [-0.2, -0.15) is 4.98 Å². The second-order valence-electron chi connectivity index (χ2n) is 4.17. The zero-order valence-corrected chi connectivity index (χ0v) is 9.77. The van der Waals surface area contributed by atoms with Crippen molar-refractivity contribution < 1.29 is 4.74 Å². The highest BCUT2D eigenvalue weighted by Gasteiger charge is 2.11. The molecule has 2 N–H and O–H groups in total. The van der Waals surface area contributed by atoms with Crippen molar-refractivity contribution in [2.75, 3.05) is 12.8 Å². The molecule has 0 saturated carbocycles. The smallest absolute Gasteiger partial charge is 0.215 e. The van der Waals surface area contributed by atoms with Gasteiger partial charge in [0, 0.05) is 12.6 Å². The molecule has 0 fully saturated rings. The lowest BCUT2D eigenvalue weighted by atomic mass is 10.2.